The van der Waals surface area contributed by atoms with Gasteiger partial charge in [0.25, 0.3) is 0 Å². The Morgan fingerprint density at radius 1 is 1.21 bits per heavy atom. The van der Waals surface area contributed by atoms with Gasteiger partial charge in [0.2, 0.25) is 0 Å². The van der Waals surface area contributed by atoms with Gasteiger partial charge < -0.3 is 15.3 Å². The van der Waals surface area contributed by atoms with Crippen molar-refractivity contribution in [2.45, 2.75) is 51.5 Å². The number of hydrogen-bond acceptors (Lipinski definition) is 2. The Hall–Kier alpha value is -1.26. The summed E-state index contributed by atoms with van der Waals surface area (Å²) in [6, 6.07) is 0.396. The maximum absolute atomic E-state index is 12.0. The Balaban J connectivity index is 1.69. The molecule has 1 saturated carbocycles. The Morgan fingerprint density at radius 2 is 1.89 bits per heavy atom. The zero-order valence-electron chi connectivity index (χ0n) is 11.6. The molecule has 2 N–H and O–H groups in total. The number of urea groups is 1. The SMILES string of the molecule is CC1CCCN1C(=O)NCC1CCC(C(=O)O)CC1. The van der Waals surface area contributed by atoms with E-state index in [1.54, 1.807) is 0 Å². The first-order valence-corrected chi connectivity index (χ1v) is 7.35. The first-order chi connectivity index (χ1) is 9.08. The summed E-state index contributed by atoms with van der Waals surface area (Å²) in [7, 11) is 0. The summed E-state index contributed by atoms with van der Waals surface area (Å²) in [5, 5.41) is 11.9. The zero-order chi connectivity index (χ0) is 13.8. The number of amides is 2. The fourth-order valence-electron chi connectivity index (χ4n) is 3.18. The van der Waals surface area contributed by atoms with Crippen LogP contribution in [-0.4, -0.2) is 41.1 Å². The third-order valence-electron chi connectivity index (χ3n) is 4.55. The van der Waals surface area contributed by atoms with Gasteiger partial charge in [-0.05, 0) is 51.4 Å². The van der Waals surface area contributed by atoms with E-state index in [-0.39, 0.29) is 11.9 Å². The lowest BCUT2D eigenvalue weighted by Gasteiger charge is -2.28. The second-order valence-corrected chi connectivity index (χ2v) is 5.93. The van der Waals surface area contributed by atoms with Crippen molar-refractivity contribution in [1.29, 1.82) is 0 Å². The first kappa shape index (κ1) is 14.2. The van der Waals surface area contributed by atoms with Gasteiger partial charge in [0.15, 0.2) is 0 Å². The van der Waals surface area contributed by atoms with Gasteiger partial charge in [0.05, 0.1) is 5.92 Å². The molecule has 0 aromatic heterocycles. The number of nitrogens with zero attached hydrogens (tertiary/aromatic N) is 1. The van der Waals surface area contributed by atoms with E-state index < -0.39 is 5.97 Å². The van der Waals surface area contributed by atoms with Crippen LogP contribution in [0.2, 0.25) is 0 Å². The smallest absolute Gasteiger partial charge is 0.317 e. The van der Waals surface area contributed by atoms with Crippen molar-refractivity contribution in [3.05, 3.63) is 0 Å². The maximum atomic E-state index is 12.0. The average Bonchev–Trinajstić information content (AvgIpc) is 2.83. The molecular formula is C14H24N2O3. The van der Waals surface area contributed by atoms with Crippen molar-refractivity contribution in [2.24, 2.45) is 11.8 Å². The van der Waals surface area contributed by atoms with E-state index in [1.807, 2.05) is 4.90 Å². The molecule has 1 heterocycles. The van der Waals surface area contributed by atoms with Crippen LogP contribution in [0.1, 0.15) is 45.4 Å². The van der Waals surface area contributed by atoms with Crippen LogP contribution in [0.3, 0.4) is 0 Å². The molecule has 19 heavy (non-hydrogen) atoms. The minimum absolute atomic E-state index is 0.0466. The molecule has 2 rings (SSSR count). The van der Waals surface area contributed by atoms with Gasteiger partial charge in [-0.25, -0.2) is 4.79 Å². The molecule has 2 fully saturated rings. The van der Waals surface area contributed by atoms with Gasteiger partial charge in [-0.1, -0.05) is 0 Å². The fourth-order valence-corrected chi connectivity index (χ4v) is 3.18. The van der Waals surface area contributed by atoms with Gasteiger partial charge in [-0.3, -0.25) is 4.79 Å². The molecule has 0 radical (unpaired) electrons. The molecule has 5 nitrogen and oxygen atoms in total. The summed E-state index contributed by atoms with van der Waals surface area (Å²) in [4.78, 5) is 24.8. The molecule has 0 aromatic rings. The van der Waals surface area contributed by atoms with E-state index in [9.17, 15) is 9.59 Å². The summed E-state index contributed by atoms with van der Waals surface area (Å²) >= 11 is 0. The highest BCUT2D eigenvalue weighted by molar-refractivity contribution is 5.74. The predicted molar refractivity (Wildman–Crippen MR) is 71.9 cm³/mol. The van der Waals surface area contributed by atoms with Crippen molar-refractivity contribution < 1.29 is 14.7 Å². The van der Waals surface area contributed by atoms with Crippen LogP contribution in [0.15, 0.2) is 0 Å². The molecule has 2 amide bonds. The van der Waals surface area contributed by atoms with Crippen molar-refractivity contribution in [1.82, 2.24) is 10.2 Å². The minimum atomic E-state index is -0.673. The second-order valence-electron chi connectivity index (χ2n) is 5.93. The minimum Gasteiger partial charge on any atom is -0.481 e. The summed E-state index contributed by atoms with van der Waals surface area (Å²) in [5.74, 6) is -0.406. The van der Waals surface area contributed by atoms with Crippen LogP contribution in [0.5, 0.6) is 0 Å². The van der Waals surface area contributed by atoms with Gasteiger partial charge in [0, 0.05) is 19.1 Å². The van der Waals surface area contributed by atoms with Crippen molar-refractivity contribution in [2.75, 3.05) is 13.1 Å². The van der Waals surface area contributed by atoms with Crippen molar-refractivity contribution >= 4 is 12.0 Å². The van der Waals surface area contributed by atoms with Crippen molar-refractivity contribution in [3.8, 4) is 0 Å². The molecule has 0 bridgehead atoms. The third kappa shape index (κ3) is 3.61. The van der Waals surface area contributed by atoms with Gasteiger partial charge in [-0.2, -0.15) is 0 Å². The number of likely N-dealkylation sites (tertiary alicyclic amines) is 1. The Labute approximate surface area is 114 Å². The van der Waals surface area contributed by atoms with E-state index >= 15 is 0 Å². The molecule has 0 spiro atoms. The molecule has 1 atom stereocenters. The first-order valence-electron chi connectivity index (χ1n) is 7.35. The number of rotatable bonds is 3. The number of carbonyl (C=O) groups is 2. The van der Waals surface area contributed by atoms with Crippen molar-refractivity contribution in [3.63, 3.8) is 0 Å². The van der Waals surface area contributed by atoms with Crippen LogP contribution in [0.4, 0.5) is 4.79 Å². The second kappa shape index (κ2) is 6.26. The monoisotopic (exact) mass is 268 g/mol. The largest absolute Gasteiger partial charge is 0.481 e. The number of carbonyl (C=O) groups excluding carboxylic acids is 1. The van der Waals surface area contributed by atoms with Crippen LogP contribution >= 0.6 is 0 Å². The van der Waals surface area contributed by atoms with Crippen LogP contribution in [0.25, 0.3) is 0 Å². The molecule has 0 aromatic carbocycles. The Morgan fingerprint density at radius 3 is 2.42 bits per heavy atom. The van der Waals surface area contributed by atoms with Gasteiger partial charge in [0.1, 0.15) is 0 Å². The predicted octanol–water partition coefficient (Wildman–Crippen LogP) is 2.07. The van der Waals surface area contributed by atoms with E-state index in [1.165, 1.54) is 0 Å². The molecular weight excluding hydrogens is 244 g/mol. The summed E-state index contributed by atoms with van der Waals surface area (Å²) in [5.41, 5.74) is 0. The van der Waals surface area contributed by atoms with E-state index in [2.05, 4.69) is 12.2 Å². The number of aliphatic carboxylic acids is 1. The number of hydrogen-bond donors (Lipinski definition) is 2. The molecule has 2 aliphatic rings. The molecule has 1 unspecified atom stereocenters. The number of carboxylic acids is 1. The lowest BCUT2D eigenvalue weighted by molar-refractivity contribution is -0.143. The number of nitrogens with one attached hydrogen (secondary N) is 1. The summed E-state index contributed by atoms with van der Waals surface area (Å²) in [6.07, 6.45) is 5.50. The maximum Gasteiger partial charge on any atom is 0.317 e. The molecule has 1 aliphatic carbocycles. The Bertz CT molecular complexity index is 338. The molecule has 1 aliphatic heterocycles. The molecule has 1 saturated heterocycles. The highest BCUT2D eigenvalue weighted by Crippen LogP contribution is 2.28. The van der Waals surface area contributed by atoms with Gasteiger partial charge in [-0.15, -0.1) is 0 Å². The van der Waals surface area contributed by atoms with E-state index in [0.29, 0.717) is 18.5 Å². The zero-order valence-corrected chi connectivity index (χ0v) is 11.6. The fraction of sp³-hybridized carbons (Fsp3) is 0.857. The van der Waals surface area contributed by atoms with E-state index in [0.717, 1.165) is 45.1 Å². The standard InChI is InChI=1S/C14H24N2O3/c1-10-3-2-8-16(10)14(19)15-9-11-4-6-12(7-5-11)13(17)18/h10-12H,2-9H2,1H3,(H,15,19)(H,17,18). The normalized spacial score (nSPS) is 31.2. The summed E-state index contributed by atoms with van der Waals surface area (Å²) < 4.78 is 0. The quantitative estimate of drug-likeness (QED) is 0.823. The third-order valence-corrected chi connectivity index (χ3v) is 4.55. The topological polar surface area (TPSA) is 69.6 Å². The Kier molecular flexibility index (Phi) is 4.66. The average molecular weight is 268 g/mol. The van der Waals surface area contributed by atoms with Gasteiger partial charge >= 0.3 is 12.0 Å². The number of carboxylic acid groups (broad SMARTS) is 1. The highest BCUT2D eigenvalue weighted by Gasteiger charge is 2.28. The van der Waals surface area contributed by atoms with Crippen LogP contribution in [0, 0.1) is 11.8 Å². The summed E-state index contributed by atoms with van der Waals surface area (Å²) in [6.45, 7) is 3.64. The van der Waals surface area contributed by atoms with Crippen LogP contribution in [-0.2, 0) is 4.79 Å². The molecule has 5 heteroatoms. The lowest BCUT2D eigenvalue weighted by atomic mass is 9.82. The molecule has 108 valence electrons. The highest BCUT2D eigenvalue weighted by atomic mass is 16.4. The lowest BCUT2D eigenvalue weighted by Crippen LogP contribution is -2.43. The van der Waals surface area contributed by atoms with Crippen LogP contribution < -0.4 is 5.32 Å². The van der Waals surface area contributed by atoms with E-state index in [4.69, 9.17) is 5.11 Å².